The summed E-state index contributed by atoms with van der Waals surface area (Å²) in [5, 5.41) is 1.04. The third-order valence-corrected chi connectivity index (χ3v) is 3.97. The lowest BCUT2D eigenvalue weighted by molar-refractivity contribution is -0.123. The van der Waals surface area contributed by atoms with Crippen LogP contribution in [0.1, 0.15) is 6.92 Å². The van der Waals surface area contributed by atoms with E-state index in [1.807, 2.05) is 13.0 Å². The summed E-state index contributed by atoms with van der Waals surface area (Å²) in [6.45, 7) is 1.81. The lowest BCUT2D eigenvalue weighted by Crippen LogP contribution is -2.35. The molecule has 0 fully saturated rings. The fourth-order valence-electron chi connectivity index (χ4n) is 1.01. The zero-order valence-electron chi connectivity index (χ0n) is 8.67. The summed E-state index contributed by atoms with van der Waals surface area (Å²) in [5.74, 6) is 5.36. The highest BCUT2D eigenvalue weighted by atomic mass is 35.5. The number of benzene rings is 1. The molecule has 16 heavy (non-hydrogen) atoms. The number of hydrazine groups is 1. The van der Waals surface area contributed by atoms with E-state index in [0.717, 1.165) is 4.90 Å². The number of carbonyl (C=O) groups is 1. The van der Waals surface area contributed by atoms with Crippen molar-refractivity contribution in [1.82, 2.24) is 5.43 Å². The van der Waals surface area contributed by atoms with Crippen molar-refractivity contribution in [2.45, 2.75) is 11.8 Å². The lowest BCUT2D eigenvalue weighted by Gasteiger charge is -2.09. The SMILES string of the molecule is CC(CSc1ccc(Cl)c(Cl)c1)C(=O)NN. The number of rotatable bonds is 4. The Morgan fingerprint density at radius 1 is 1.50 bits per heavy atom. The Kier molecular flexibility index (Phi) is 5.41. The van der Waals surface area contributed by atoms with Crippen molar-refractivity contribution < 1.29 is 4.79 Å². The molecule has 0 aliphatic heterocycles. The van der Waals surface area contributed by atoms with Gasteiger partial charge in [-0.05, 0) is 18.2 Å². The highest BCUT2D eigenvalue weighted by molar-refractivity contribution is 7.99. The molecule has 1 aromatic rings. The Balaban J connectivity index is 2.55. The molecule has 0 saturated carbocycles. The molecule has 1 rings (SSSR count). The fraction of sp³-hybridized carbons (Fsp3) is 0.300. The molecular weight excluding hydrogens is 267 g/mol. The van der Waals surface area contributed by atoms with Gasteiger partial charge in [0, 0.05) is 16.6 Å². The molecule has 0 radical (unpaired) electrons. The van der Waals surface area contributed by atoms with Gasteiger partial charge in [0.15, 0.2) is 0 Å². The topological polar surface area (TPSA) is 55.1 Å². The Morgan fingerprint density at radius 3 is 2.75 bits per heavy atom. The van der Waals surface area contributed by atoms with Crippen LogP contribution < -0.4 is 11.3 Å². The van der Waals surface area contributed by atoms with E-state index in [1.165, 1.54) is 11.8 Å². The van der Waals surface area contributed by atoms with Crippen molar-refractivity contribution in [3.8, 4) is 0 Å². The van der Waals surface area contributed by atoms with Crippen LogP contribution in [-0.4, -0.2) is 11.7 Å². The average molecular weight is 279 g/mol. The molecular formula is C10H12Cl2N2OS. The van der Waals surface area contributed by atoms with Gasteiger partial charge in [0.2, 0.25) is 5.91 Å². The van der Waals surface area contributed by atoms with Gasteiger partial charge in [-0.15, -0.1) is 11.8 Å². The third-order valence-electron chi connectivity index (χ3n) is 1.98. The van der Waals surface area contributed by atoms with Crippen molar-refractivity contribution in [3.05, 3.63) is 28.2 Å². The Hall–Kier alpha value is -0.420. The van der Waals surface area contributed by atoms with Crippen LogP contribution in [0.25, 0.3) is 0 Å². The first-order valence-electron chi connectivity index (χ1n) is 4.63. The molecule has 3 N–H and O–H groups in total. The number of halogens is 2. The number of hydrogen-bond donors (Lipinski definition) is 2. The molecule has 0 saturated heterocycles. The number of nitrogens with two attached hydrogens (primary N) is 1. The maximum atomic E-state index is 11.2. The van der Waals surface area contributed by atoms with Gasteiger partial charge in [0.25, 0.3) is 0 Å². The Bertz CT molecular complexity index is 387. The van der Waals surface area contributed by atoms with Crippen molar-refractivity contribution in [2.75, 3.05) is 5.75 Å². The Morgan fingerprint density at radius 2 is 2.19 bits per heavy atom. The molecule has 0 aromatic heterocycles. The van der Waals surface area contributed by atoms with Crippen LogP contribution in [0.2, 0.25) is 10.0 Å². The molecule has 0 aliphatic rings. The van der Waals surface area contributed by atoms with Crippen molar-refractivity contribution in [3.63, 3.8) is 0 Å². The number of thioether (sulfide) groups is 1. The average Bonchev–Trinajstić information content (AvgIpc) is 2.29. The fourth-order valence-corrected chi connectivity index (χ4v) is 2.33. The second-order valence-corrected chi connectivity index (χ2v) is 5.20. The summed E-state index contributed by atoms with van der Waals surface area (Å²) in [6.07, 6.45) is 0. The first-order valence-corrected chi connectivity index (χ1v) is 6.37. The standard InChI is InChI=1S/C10H12Cl2N2OS/c1-6(10(15)14-13)5-16-7-2-3-8(11)9(12)4-7/h2-4,6H,5,13H2,1H3,(H,14,15). The van der Waals surface area contributed by atoms with E-state index >= 15 is 0 Å². The second-order valence-electron chi connectivity index (χ2n) is 3.30. The number of nitrogens with one attached hydrogen (secondary N) is 1. The smallest absolute Gasteiger partial charge is 0.237 e. The predicted molar refractivity (Wildman–Crippen MR) is 68.7 cm³/mol. The molecule has 0 spiro atoms. The van der Waals surface area contributed by atoms with Gasteiger partial charge in [-0.3, -0.25) is 10.2 Å². The minimum absolute atomic E-state index is 0.149. The van der Waals surface area contributed by atoms with E-state index < -0.39 is 0 Å². The van der Waals surface area contributed by atoms with E-state index in [1.54, 1.807) is 12.1 Å². The molecule has 1 aromatic carbocycles. The quantitative estimate of drug-likeness (QED) is 0.385. The van der Waals surface area contributed by atoms with Gasteiger partial charge in [-0.1, -0.05) is 30.1 Å². The number of hydrogen-bond acceptors (Lipinski definition) is 3. The molecule has 3 nitrogen and oxygen atoms in total. The van der Waals surface area contributed by atoms with E-state index in [2.05, 4.69) is 5.43 Å². The highest BCUT2D eigenvalue weighted by Crippen LogP contribution is 2.28. The zero-order chi connectivity index (χ0) is 12.1. The first kappa shape index (κ1) is 13.6. The van der Waals surface area contributed by atoms with E-state index in [9.17, 15) is 4.79 Å². The second kappa shape index (κ2) is 6.35. The summed E-state index contributed by atoms with van der Waals surface area (Å²) < 4.78 is 0. The van der Waals surface area contributed by atoms with Crippen LogP contribution in [0.3, 0.4) is 0 Å². The van der Waals surface area contributed by atoms with Gasteiger partial charge in [-0.2, -0.15) is 0 Å². The van der Waals surface area contributed by atoms with Crippen molar-refractivity contribution >= 4 is 40.9 Å². The summed E-state index contributed by atoms with van der Waals surface area (Å²) in [7, 11) is 0. The lowest BCUT2D eigenvalue weighted by atomic mass is 10.2. The van der Waals surface area contributed by atoms with Crippen LogP contribution in [-0.2, 0) is 4.79 Å². The molecule has 1 amide bonds. The monoisotopic (exact) mass is 278 g/mol. The van der Waals surface area contributed by atoms with Gasteiger partial charge < -0.3 is 0 Å². The Labute approximate surface area is 109 Å². The maximum absolute atomic E-state index is 11.2. The molecule has 0 heterocycles. The van der Waals surface area contributed by atoms with E-state index in [4.69, 9.17) is 29.0 Å². The first-order chi connectivity index (χ1) is 7.54. The molecule has 6 heteroatoms. The largest absolute Gasteiger partial charge is 0.294 e. The molecule has 1 unspecified atom stereocenters. The third kappa shape index (κ3) is 3.87. The van der Waals surface area contributed by atoms with Crippen molar-refractivity contribution in [1.29, 1.82) is 0 Å². The van der Waals surface area contributed by atoms with Gasteiger partial charge in [0.05, 0.1) is 10.0 Å². The van der Waals surface area contributed by atoms with Gasteiger partial charge in [-0.25, -0.2) is 5.84 Å². The summed E-state index contributed by atoms with van der Waals surface area (Å²) in [4.78, 5) is 12.1. The zero-order valence-corrected chi connectivity index (χ0v) is 11.0. The number of carbonyl (C=O) groups excluding carboxylic acids is 1. The van der Waals surface area contributed by atoms with Crippen LogP contribution in [0.5, 0.6) is 0 Å². The van der Waals surface area contributed by atoms with Gasteiger partial charge >= 0.3 is 0 Å². The van der Waals surface area contributed by atoms with E-state index in [0.29, 0.717) is 15.8 Å². The normalized spacial score (nSPS) is 12.2. The number of amides is 1. The van der Waals surface area contributed by atoms with Crippen molar-refractivity contribution in [2.24, 2.45) is 11.8 Å². The molecule has 1 atom stereocenters. The van der Waals surface area contributed by atoms with Crippen LogP contribution in [0.4, 0.5) is 0 Å². The maximum Gasteiger partial charge on any atom is 0.237 e. The molecule has 0 aliphatic carbocycles. The predicted octanol–water partition coefficient (Wildman–Crippen LogP) is 2.71. The summed E-state index contributed by atoms with van der Waals surface area (Å²) in [5.41, 5.74) is 2.12. The van der Waals surface area contributed by atoms with Crippen LogP contribution >= 0.6 is 35.0 Å². The minimum Gasteiger partial charge on any atom is -0.294 e. The van der Waals surface area contributed by atoms with E-state index in [-0.39, 0.29) is 11.8 Å². The van der Waals surface area contributed by atoms with Gasteiger partial charge in [0.1, 0.15) is 0 Å². The molecule has 88 valence electrons. The minimum atomic E-state index is -0.174. The summed E-state index contributed by atoms with van der Waals surface area (Å²) >= 11 is 13.2. The van der Waals surface area contributed by atoms with Crippen LogP contribution in [0.15, 0.2) is 23.1 Å². The van der Waals surface area contributed by atoms with Crippen LogP contribution in [0, 0.1) is 5.92 Å². The highest BCUT2D eigenvalue weighted by Gasteiger charge is 2.11. The molecule has 0 bridgehead atoms. The summed E-state index contributed by atoms with van der Waals surface area (Å²) in [6, 6.07) is 5.38.